The van der Waals surface area contributed by atoms with Crippen molar-refractivity contribution in [3.05, 3.63) is 46.8 Å². The molecule has 25 heavy (non-hydrogen) atoms. The summed E-state index contributed by atoms with van der Waals surface area (Å²) in [5, 5.41) is 7.26. The first-order valence-corrected chi connectivity index (χ1v) is 8.48. The maximum atomic E-state index is 12.2. The van der Waals surface area contributed by atoms with Gasteiger partial charge in [0.15, 0.2) is 5.78 Å². The van der Waals surface area contributed by atoms with E-state index in [1.54, 1.807) is 11.6 Å². The molecule has 0 saturated heterocycles. The van der Waals surface area contributed by atoms with Crippen LogP contribution in [-0.2, 0) is 17.8 Å². The number of carbonyl (C=O) groups excluding carboxylic acids is 2. The second kappa shape index (κ2) is 7.09. The van der Waals surface area contributed by atoms with Crippen molar-refractivity contribution in [2.75, 3.05) is 13.2 Å². The topological polar surface area (TPSA) is 73.2 Å². The normalized spacial score (nSPS) is 16.0. The number of benzene rings is 1. The van der Waals surface area contributed by atoms with E-state index in [4.69, 9.17) is 4.74 Å². The summed E-state index contributed by atoms with van der Waals surface area (Å²) in [6, 6.07) is 7.99. The number of aromatic nitrogens is 2. The van der Waals surface area contributed by atoms with E-state index in [1.807, 2.05) is 25.1 Å². The number of carbonyl (C=O) groups is 2. The number of ether oxygens (including phenoxy) is 1. The number of Topliss-reactive ketones (excluding diaryl/α,β-unsaturated/α-hetero) is 1. The van der Waals surface area contributed by atoms with Crippen LogP contribution in [0.25, 0.3) is 0 Å². The van der Waals surface area contributed by atoms with E-state index >= 15 is 0 Å². The minimum atomic E-state index is -0.112. The van der Waals surface area contributed by atoms with Crippen LogP contribution in [0.4, 0.5) is 0 Å². The number of nitrogens with one attached hydrogen (secondary N) is 1. The Balaban J connectivity index is 1.56. The Kier molecular flexibility index (Phi) is 4.88. The Labute approximate surface area is 147 Å². The molecule has 1 amide bonds. The number of aryl methyl sites for hydroxylation is 1. The van der Waals surface area contributed by atoms with Gasteiger partial charge in [0.25, 0.3) is 0 Å². The van der Waals surface area contributed by atoms with Crippen molar-refractivity contribution in [2.24, 2.45) is 5.92 Å². The van der Waals surface area contributed by atoms with Crippen LogP contribution >= 0.6 is 0 Å². The number of nitrogens with zero attached hydrogens (tertiary/aromatic N) is 2. The molecule has 0 bridgehead atoms. The fourth-order valence-corrected chi connectivity index (χ4v) is 3.33. The van der Waals surface area contributed by atoms with E-state index < -0.39 is 0 Å². The number of ketones is 1. The Morgan fingerprint density at radius 1 is 1.32 bits per heavy atom. The molecule has 0 aliphatic carbocycles. The third-order valence-corrected chi connectivity index (χ3v) is 4.57. The number of hydrogen-bond acceptors (Lipinski definition) is 4. The summed E-state index contributed by atoms with van der Waals surface area (Å²) in [5.74, 6) is 1.05. The molecule has 0 fully saturated rings. The van der Waals surface area contributed by atoms with Gasteiger partial charge in [0.05, 0.1) is 17.9 Å². The quantitative estimate of drug-likeness (QED) is 0.845. The molecule has 1 atom stereocenters. The van der Waals surface area contributed by atoms with Crippen LogP contribution in [0.5, 0.6) is 5.75 Å². The van der Waals surface area contributed by atoms with Crippen LogP contribution in [0.3, 0.4) is 0 Å². The summed E-state index contributed by atoms with van der Waals surface area (Å²) < 4.78 is 7.34. The third-order valence-electron chi connectivity index (χ3n) is 4.57. The van der Waals surface area contributed by atoms with Crippen LogP contribution in [0.15, 0.2) is 24.3 Å². The van der Waals surface area contributed by atoms with Crippen molar-refractivity contribution in [1.29, 1.82) is 0 Å². The first-order chi connectivity index (χ1) is 12.0. The van der Waals surface area contributed by atoms with Crippen molar-refractivity contribution < 1.29 is 14.3 Å². The van der Waals surface area contributed by atoms with Gasteiger partial charge in [0, 0.05) is 18.2 Å². The minimum Gasteiger partial charge on any atom is -0.493 e. The largest absolute Gasteiger partial charge is 0.493 e. The lowest BCUT2D eigenvalue weighted by Gasteiger charge is -2.25. The molecule has 0 spiro atoms. The van der Waals surface area contributed by atoms with E-state index in [0.717, 1.165) is 17.9 Å². The predicted molar refractivity (Wildman–Crippen MR) is 93.8 cm³/mol. The van der Waals surface area contributed by atoms with Crippen molar-refractivity contribution in [1.82, 2.24) is 15.1 Å². The molecule has 0 unspecified atom stereocenters. The predicted octanol–water partition coefficient (Wildman–Crippen LogP) is 2.07. The van der Waals surface area contributed by atoms with Crippen LogP contribution in [-0.4, -0.2) is 34.6 Å². The Bertz CT molecular complexity index is 810. The van der Waals surface area contributed by atoms with Crippen molar-refractivity contribution in [2.45, 2.75) is 33.7 Å². The van der Waals surface area contributed by atoms with Crippen molar-refractivity contribution in [3.63, 3.8) is 0 Å². The molecule has 2 aromatic rings. The first-order valence-electron chi connectivity index (χ1n) is 8.48. The number of fused-ring (bicyclic) bond motifs is 1. The van der Waals surface area contributed by atoms with Gasteiger partial charge in [-0.05, 0) is 38.8 Å². The summed E-state index contributed by atoms with van der Waals surface area (Å²) in [7, 11) is 0. The molecule has 132 valence electrons. The highest BCUT2D eigenvalue weighted by Crippen LogP contribution is 2.26. The van der Waals surface area contributed by atoms with Crippen molar-refractivity contribution in [3.8, 4) is 5.75 Å². The summed E-state index contributed by atoms with van der Waals surface area (Å²) >= 11 is 0. The van der Waals surface area contributed by atoms with Crippen LogP contribution < -0.4 is 10.1 Å². The summed E-state index contributed by atoms with van der Waals surface area (Å²) in [6.45, 7) is 6.40. The molecule has 0 saturated carbocycles. The van der Waals surface area contributed by atoms with Gasteiger partial charge in [-0.25, -0.2) is 0 Å². The van der Waals surface area contributed by atoms with Crippen LogP contribution in [0.1, 0.15) is 34.2 Å². The average molecular weight is 341 g/mol. The maximum absolute atomic E-state index is 12.2. The van der Waals surface area contributed by atoms with Gasteiger partial charge in [-0.2, -0.15) is 5.10 Å². The van der Waals surface area contributed by atoms with Gasteiger partial charge in [-0.3, -0.25) is 14.3 Å². The molecule has 6 nitrogen and oxygen atoms in total. The fraction of sp³-hybridized carbons (Fsp3) is 0.421. The second-order valence-electron chi connectivity index (χ2n) is 6.55. The van der Waals surface area contributed by atoms with E-state index in [9.17, 15) is 9.59 Å². The van der Waals surface area contributed by atoms with Gasteiger partial charge in [0.1, 0.15) is 12.3 Å². The minimum absolute atomic E-state index is 0.0281. The third kappa shape index (κ3) is 3.73. The lowest BCUT2D eigenvalue weighted by molar-refractivity contribution is -0.122. The van der Waals surface area contributed by atoms with E-state index in [2.05, 4.69) is 16.5 Å². The monoisotopic (exact) mass is 341 g/mol. The van der Waals surface area contributed by atoms with Gasteiger partial charge in [-0.15, -0.1) is 0 Å². The standard InChI is InChI=1S/C19H23N3O3/c1-12-19(14(3)23)13(2)22(21-12)10-18(24)20-9-15-8-16-6-4-5-7-17(16)25-11-15/h4-7,15H,8-11H2,1-3H3,(H,20,24)/t15-/m1/s1. The maximum Gasteiger partial charge on any atom is 0.241 e. The molecule has 1 aromatic carbocycles. The molecular formula is C19H23N3O3. The lowest BCUT2D eigenvalue weighted by atomic mass is 9.97. The van der Waals surface area contributed by atoms with Gasteiger partial charge in [-0.1, -0.05) is 18.2 Å². The highest BCUT2D eigenvalue weighted by Gasteiger charge is 2.21. The van der Waals surface area contributed by atoms with E-state index in [0.29, 0.717) is 24.4 Å². The van der Waals surface area contributed by atoms with Gasteiger partial charge >= 0.3 is 0 Å². The highest BCUT2D eigenvalue weighted by atomic mass is 16.5. The number of rotatable bonds is 5. The van der Waals surface area contributed by atoms with Crippen LogP contribution in [0, 0.1) is 19.8 Å². The second-order valence-corrected chi connectivity index (χ2v) is 6.55. The lowest BCUT2D eigenvalue weighted by Crippen LogP contribution is -2.36. The Morgan fingerprint density at radius 3 is 2.80 bits per heavy atom. The SMILES string of the molecule is CC(=O)c1c(C)nn(CC(=O)NC[C@@H]2COc3ccccc3C2)c1C. The Hall–Kier alpha value is -2.63. The molecule has 2 heterocycles. The Morgan fingerprint density at radius 2 is 2.08 bits per heavy atom. The molecule has 1 aliphatic heterocycles. The molecule has 1 N–H and O–H groups in total. The van der Waals surface area contributed by atoms with Crippen molar-refractivity contribution >= 4 is 11.7 Å². The zero-order valence-corrected chi connectivity index (χ0v) is 14.8. The smallest absolute Gasteiger partial charge is 0.241 e. The fourth-order valence-electron chi connectivity index (χ4n) is 3.33. The average Bonchev–Trinajstić information content (AvgIpc) is 2.86. The highest BCUT2D eigenvalue weighted by molar-refractivity contribution is 5.96. The number of amides is 1. The number of hydrogen-bond donors (Lipinski definition) is 1. The van der Waals surface area contributed by atoms with Gasteiger partial charge in [0.2, 0.25) is 5.91 Å². The van der Waals surface area contributed by atoms with Gasteiger partial charge < -0.3 is 10.1 Å². The molecule has 6 heteroatoms. The summed E-state index contributed by atoms with van der Waals surface area (Å²) in [4.78, 5) is 23.9. The summed E-state index contributed by atoms with van der Waals surface area (Å²) in [5.41, 5.74) is 3.17. The molecule has 3 rings (SSSR count). The molecule has 1 aliphatic rings. The first kappa shape index (κ1) is 17.2. The zero-order chi connectivity index (χ0) is 18.0. The number of para-hydroxylation sites is 1. The van der Waals surface area contributed by atoms with E-state index in [-0.39, 0.29) is 24.2 Å². The molecular weight excluding hydrogens is 318 g/mol. The zero-order valence-electron chi connectivity index (χ0n) is 14.8. The van der Waals surface area contributed by atoms with Crippen LogP contribution in [0.2, 0.25) is 0 Å². The molecule has 0 radical (unpaired) electrons. The van der Waals surface area contributed by atoms with E-state index in [1.165, 1.54) is 12.5 Å². The summed E-state index contributed by atoms with van der Waals surface area (Å²) in [6.07, 6.45) is 0.894. The molecule has 1 aromatic heterocycles.